The number of phosphoric ester groups is 1. The number of nitrogens with one attached hydrogen (secondary N) is 1. The van der Waals surface area contributed by atoms with Gasteiger partial charge in [-0.1, -0.05) is 11.8 Å². The first-order valence-electron chi connectivity index (χ1n) is 12.0. The molecule has 2 bridgehead atoms. The van der Waals surface area contributed by atoms with Crippen molar-refractivity contribution in [2.24, 2.45) is 0 Å². The second kappa shape index (κ2) is 10.9. The van der Waals surface area contributed by atoms with Crippen molar-refractivity contribution in [2.45, 2.75) is 49.1 Å². The molecule has 0 spiro atoms. The molecule has 42 heavy (non-hydrogen) atoms. The second-order valence-electron chi connectivity index (χ2n) is 9.34. The number of fused-ring (bicyclic) bond motifs is 4. The van der Waals surface area contributed by atoms with E-state index < -0.39 is 88.1 Å². The van der Waals surface area contributed by atoms with Gasteiger partial charge in [0.05, 0.1) is 19.5 Å². The van der Waals surface area contributed by atoms with Gasteiger partial charge in [0.2, 0.25) is 0 Å². The molecule has 2 unspecified atom stereocenters. The molecule has 3 aromatic rings. The normalized spacial score (nSPS) is 39.3. The Bertz CT molecular complexity index is 1720. The molecule has 10 atom stereocenters. The monoisotopic (exact) mass is 649 g/mol. The fraction of sp³-hybridized carbons (Fsp3) is 0.526. The van der Waals surface area contributed by atoms with Gasteiger partial charge in [-0.05, 0) is 0 Å². The van der Waals surface area contributed by atoms with Crippen LogP contribution in [0.1, 0.15) is 12.5 Å². The lowest BCUT2D eigenvalue weighted by molar-refractivity contribution is -0.238. The van der Waals surface area contributed by atoms with Crippen molar-refractivity contribution >= 4 is 43.3 Å². The van der Waals surface area contributed by atoms with E-state index in [9.17, 15) is 34.2 Å². The fourth-order valence-corrected chi connectivity index (χ4v) is 7.13. The molecule has 3 saturated heterocycles. The van der Waals surface area contributed by atoms with Crippen molar-refractivity contribution in [3.8, 4) is 0 Å². The van der Waals surface area contributed by atoms with Crippen LogP contribution in [0.25, 0.3) is 11.2 Å². The van der Waals surface area contributed by atoms with E-state index in [0.29, 0.717) is 0 Å². The highest BCUT2D eigenvalue weighted by Crippen LogP contribution is 2.50. The number of anilines is 1. The molecular weight excluding hydrogens is 628 g/mol. The van der Waals surface area contributed by atoms with E-state index >= 15 is 0 Å². The minimum Gasteiger partial charge on any atom is -0.780 e. The molecule has 3 fully saturated rings. The first-order valence-corrected chi connectivity index (χ1v) is 16.0. The summed E-state index contributed by atoms with van der Waals surface area (Å²) in [5, 5.41) is 21.9. The first kappa shape index (κ1) is 29.6. The zero-order valence-electron chi connectivity index (χ0n) is 20.8. The molecular formula is C19H21N7O13P2S-2. The Hall–Kier alpha value is -2.49. The Kier molecular flexibility index (Phi) is 7.67. The molecule has 0 radical (unpaired) electrons. The van der Waals surface area contributed by atoms with Crippen LogP contribution in [0.5, 0.6) is 0 Å². The molecule has 23 heteroatoms. The number of H-pyrrole nitrogens is 1. The molecule has 3 aromatic heterocycles. The summed E-state index contributed by atoms with van der Waals surface area (Å²) in [5.41, 5.74) is 4.41. The number of hydrogen-bond acceptors (Lipinski definition) is 18. The maximum absolute atomic E-state index is 13.2. The summed E-state index contributed by atoms with van der Waals surface area (Å²) < 4.78 is 47.1. The Morgan fingerprint density at radius 2 is 1.74 bits per heavy atom. The molecule has 0 aromatic carbocycles. The summed E-state index contributed by atoms with van der Waals surface area (Å²) >= 11 is 4.99. The lowest BCUT2D eigenvalue weighted by Gasteiger charge is -2.34. The minimum atomic E-state index is -5.33. The van der Waals surface area contributed by atoms with E-state index in [2.05, 4.69) is 15.0 Å². The van der Waals surface area contributed by atoms with E-state index in [1.165, 1.54) is 10.9 Å². The van der Waals surface area contributed by atoms with E-state index in [-0.39, 0.29) is 17.0 Å². The van der Waals surface area contributed by atoms with Crippen LogP contribution in [0.4, 0.5) is 5.82 Å². The Morgan fingerprint density at radius 1 is 1.00 bits per heavy atom. The zero-order chi connectivity index (χ0) is 30.0. The van der Waals surface area contributed by atoms with E-state index in [0.717, 1.165) is 23.2 Å². The SMILES string of the molecule is Nc1ncnc2c1ncn2[C@@H]1O[C@@H]2COP(=O)([O-])O[C@@H]3[C@H](O)[C@@H](COP([O-])(=S)O[C@H]2[C@H]1O)O[C@H]3n1ccc(=O)[nH]c1=O. The lowest BCUT2D eigenvalue weighted by atomic mass is 10.1. The summed E-state index contributed by atoms with van der Waals surface area (Å²) in [4.78, 5) is 63.9. The van der Waals surface area contributed by atoms with Gasteiger partial charge in [-0.25, -0.2) is 19.7 Å². The molecule has 6 rings (SSSR count). The molecule has 0 aliphatic carbocycles. The van der Waals surface area contributed by atoms with Crippen LogP contribution in [0, 0.1) is 0 Å². The van der Waals surface area contributed by atoms with Gasteiger partial charge in [0.25, 0.3) is 13.4 Å². The third kappa shape index (κ3) is 5.48. The Morgan fingerprint density at radius 3 is 2.50 bits per heavy atom. The van der Waals surface area contributed by atoms with Gasteiger partial charge in [-0.2, -0.15) is 0 Å². The van der Waals surface area contributed by atoms with Crippen LogP contribution in [0.15, 0.2) is 34.5 Å². The standard InChI is InChI=1S/C19H23N7O13P2S/c20-15-10-16(22-5-21-15)26(6-23-10)17-12(29)13-8(37-17)4-34-40(31,32)38-14-11(28)7(3-35-41(33,42)39-13)36-18(14)25-2-1-9(27)24-19(25)30/h1-2,5-8,11-14,17-18,28-29H,3-4H2,(H,31,32)(H,33,42)(H2,20,21,22)(H,24,27,30)/p-2/t7-,8-,11-,12-,13-,14-,17-,18-,41?/m1/s1. The molecule has 5 N–H and O–H groups in total. The fourth-order valence-electron chi connectivity index (χ4n) is 4.78. The van der Waals surface area contributed by atoms with Gasteiger partial charge >= 0.3 is 5.69 Å². The van der Waals surface area contributed by atoms with E-state index in [1.807, 2.05) is 4.98 Å². The number of aromatic nitrogens is 6. The Labute approximate surface area is 238 Å². The molecule has 228 valence electrons. The van der Waals surface area contributed by atoms with Crippen molar-refractivity contribution in [1.29, 1.82) is 0 Å². The molecule has 0 amide bonds. The summed E-state index contributed by atoms with van der Waals surface area (Å²) in [5.74, 6) is 0.0442. The predicted molar refractivity (Wildman–Crippen MR) is 134 cm³/mol. The van der Waals surface area contributed by atoms with Crippen molar-refractivity contribution in [2.75, 3.05) is 18.9 Å². The average molecular weight is 649 g/mol. The number of imidazole rings is 1. The molecule has 6 heterocycles. The summed E-state index contributed by atoms with van der Waals surface area (Å²) in [6, 6.07) is 0.956. The maximum atomic E-state index is 13.2. The minimum absolute atomic E-state index is 0.0442. The highest BCUT2D eigenvalue weighted by atomic mass is 32.5. The predicted octanol–water partition coefficient (Wildman–Crippen LogP) is -3.65. The number of nitrogen functional groups attached to an aromatic ring is 1. The maximum Gasteiger partial charge on any atom is 0.330 e. The number of nitrogens with two attached hydrogens (primary N) is 1. The highest BCUT2D eigenvalue weighted by molar-refractivity contribution is 8.06. The topological polar surface area (TPSA) is 284 Å². The summed E-state index contributed by atoms with van der Waals surface area (Å²) in [7, 11) is -5.33. The van der Waals surface area contributed by atoms with E-state index in [4.69, 9.17) is 45.1 Å². The number of phosphoric acid groups is 1. The van der Waals surface area contributed by atoms with Crippen molar-refractivity contribution in [3.63, 3.8) is 0 Å². The first-order chi connectivity index (χ1) is 19.8. The third-order valence-corrected chi connectivity index (χ3v) is 9.21. The van der Waals surface area contributed by atoms with Crippen molar-refractivity contribution in [3.05, 3.63) is 45.8 Å². The number of hydrogen-bond donors (Lipinski definition) is 4. The molecule has 3 aliphatic rings. The van der Waals surface area contributed by atoms with E-state index in [1.54, 1.807) is 0 Å². The molecule has 3 aliphatic heterocycles. The van der Waals surface area contributed by atoms with Gasteiger partial charge in [-0.3, -0.25) is 23.5 Å². The molecule has 0 saturated carbocycles. The van der Waals surface area contributed by atoms with Crippen molar-refractivity contribution in [1.82, 2.24) is 29.1 Å². The molecule has 20 nitrogen and oxygen atoms in total. The number of ether oxygens (including phenoxy) is 2. The zero-order valence-corrected chi connectivity index (χ0v) is 23.4. The number of rotatable bonds is 2. The van der Waals surface area contributed by atoms with Gasteiger partial charge < -0.3 is 53.3 Å². The smallest absolute Gasteiger partial charge is 0.330 e. The summed E-state index contributed by atoms with van der Waals surface area (Å²) in [6.07, 6.45) is -9.20. The van der Waals surface area contributed by atoms with Crippen molar-refractivity contribution < 1.29 is 52.1 Å². The highest BCUT2D eigenvalue weighted by Gasteiger charge is 2.51. The number of nitrogens with zero attached hydrogens (tertiary/aromatic N) is 5. The van der Waals surface area contributed by atoms with Gasteiger partial charge in [0.15, 0.2) is 23.9 Å². The van der Waals surface area contributed by atoms with Gasteiger partial charge in [0.1, 0.15) is 55.2 Å². The van der Waals surface area contributed by atoms with Gasteiger partial charge in [-0.15, -0.1) is 0 Å². The quantitative estimate of drug-likeness (QED) is 0.195. The van der Waals surface area contributed by atoms with Crippen LogP contribution in [-0.4, -0.2) is 89.1 Å². The van der Waals surface area contributed by atoms with Crippen LogP contribution >= 0.6 is 14.5 Å². The second-order valence-corrected chi connectivity index (χ2v) is 13.4. The third-order valence-electron chi connectivity index (χ3n) is 6.70. The number of aliphatic hydroxyl groups is 2. The largest absolute Gasteiger partial charge is 0.780 e. The van der Waals surface area contributed by atoms with Gasteiger partial charge in [0, 0.05) is 12.3 Å². The average Bonchev–Trinajstić information content (AvgIpc) is 3.57. The van der Waals surface area contributed by atoms with Crippen LogP contribution in [-0.2, 0) is 43.9 Å². The van der Waals surface area contributed by atoms with Crippen LogP contribution in [0.2, 0.25) is 0 Å². The number of aliphatic hydroxyl groups excluding tert-OH is 2. The van der Waals surface area contributed by atoms with Crippen LogP contribution in [0.3, 0.4) is 0 Å². The summed E-state index contributed by atoms with van der Waals surface area (Å²) in [6.45, 7) is -6.07. The Balaban J connectivity index is 1.31. The number of aromatic amines is 1. The lowest BCUT2D eigenvalue weighted by Crippen LogP contribution is -2.40. The van der Waals surface area contributed by atoms with Crippen LogP contribution < -0.4 is 26.8 Å².